The standard InChI is InChI=1S/C6H12BF3N/c1-6(2)3-11(4-6)5-7(8,9)10/h3-5H2,1-2H3/q-1. The fourth-order valence-corrected chi connectivity index (χ4v) is 1.59. The lowest BCUT2D eigenvalue weighted by molar-refractivity contribution is 0.0402. The lowest BCUT2D eigenvalue weighted by Gasteiger charge is -2.48. The van der Waals surface area contributed by atoms with Gasteiger partial charge in [-0.05, 0) is 11.9 Å². The topological polar surface area (TPSA) is 3.24 Å². The highest BCUT2D eigenvalue weighted by Crippen LogP contribution is 2.29. The zero-order chi connectivity index (χ0) is 8.70. The Balaban J connectivity index is 2.24. The van der Waals surface area contributed by atoms with Crippen LogP contribution < -0.4 is 0 Å². The maximum atomic E-state index is 11.8. The fraction of sp³-hybridized carbons (Fsp3) is 1.00. The summed E-state index contributed by atoms with van der Waals surface area (Å²) in [4.78, 5) is 1.44. The SMILES string of the molecule is CC1(C)CN(C[B-](F)(F)F)C1. The van der Waals surface area contributed by atoms with Gasteiger partial charge in [0, 0.05) is 13.1 Å². The minimum atomic E-state index is -4.61. The first-order valence-electron chi connectivity index (χ1n) is 3.72. The van der Waals surface area contributed by atoms with Gasteiger partial charge in [0.25, 0.3) is 0 Å². The second-order valence-electron chi connectivity index (χ2n) is 4.04. The van der Waals surface area contributed by atoms with Crippen molar-refractivity contribution in [3.8, 4) is 0 Å². The quantitative estimate of drug-likeness (QED) is 0.564. The maximum absolute atomic E-state index is 11.8. The summed E-state index contributed by atoms with van der Waals surface area (Å²) in [7, 11) is 0. The number of hydrogen-bond acceptors (Lipinski definition) is 1. The van der Waals surface area contributed by atoms with Gasteiger partial charge in [-0.2, -0.15) is 0 Å². The van der Waals surface area contributed by atoms with Crippen molar-refractivity contribution in [2.45, 2.75) is 13.8 Å². The van der Waals surface area contributed by atoms with Crippen molar-refractivity contribution in [1.29, 1.82) is 0 Å². The summed E-state index contributed by atoms with van der Waals surface area (Å²) in [6.45, 7) is 0.499. The second kappa shape index (κ2) is 2.40. The summed E-state index contributed by atoms with van der Waals surface area (Å²) < 4.78 is 35.4. The average Bonchev–Trinajstić information content (AvgIpc) is 1.53. The highest BCUT2D eigenvalue weighted by atomic mass is 19.4. The number of halogens is 3. The van der Waals surface area contributed by atoms with E-state index in [9.17, 15) is 12.9 Å². The van der Waals surface area contributed by atoms with Crippen molar-refractivity contribution >= 4 is 6.98 Å². The number of rotatable bonds is 2. The van der Waals surface area contributed by atoms with Crippen molar-refractivity contribution in [1.82, 2.24) is 4.90 Å². The van der Waals surface area contributed by atoms with E-state index < -0.39 is 13.4 Å². The Kier molecular flexibility index (Phi) is 1.95. The van der Waals surface area contributed by atoms with Crippen molar-refractivity contribution in [2.75, 3.05) is 19.5 Å². The third-order valence-corrected chi connectivity index (χ3v) is 1.77. The van der Waals surface area contributed by atoms with Gasteiger partial charge in [-0.1, -0.05) is 13.8 Å². The van der Waals surface area contributed by atoms with Crippen LogP contribution in [0.15, 0.2) is 0 Å². The van der Waals surface area contributed by atoms with Crippen molar-refractivity contribution in [3.63, 3.8) is 0 Å². The molecule has 0 amide bonds. The molecule has 0 aromatic carbocycles. The zero-order valence-electron chi connectivity index (χ0n) is 6.78. The Bertz CT molecular complexity index is 146. The molecule has 0 bridgehead atoms. The number of likely N-dealkylation sites (tertiary alicyclic amines) is 1. The van der Waals surface area contributed by atoms with Crippen LogP contribution in [-0.4, -0.2) is 31.4 Å². The fourth-order valence-electron chi connectivity index (χ4n) is 1.59. The molecule has 0 aromatic rings. The second-order valence-corrected chi connectivity index (χ2v) is 4.04. The molecular weight excluding hydrogens is 154 g/mol. The van der Waals surface area contributed by atoms with Gasteiger partial charge in [-0.25, -0.2) is 0 Å². The Morgan fingerprint density at radius 1 is 1.27 bits per heavy atom. The molecule has 1 fully saturated rings. The predicted molar refractivity (Wildman–Crippen MR) is 39.3 cm³/mol. The van der Waals surface area contributed by atoms with Gasteiger partial charge in [0.1, 0.15) is 0 Å². The van der Waals surface area contributed by atoms with Crippen LogP contribution in [0.25, 0.3) is 0 Å². The van der Waals surface area contributed by atoms with Crippen LogP contribution in [0, 0.1) is 5.41 Å². The molecule has 0 saturated carbocycles. The monoisotopic (exact) mass is 166 g/mol. The van der Waals surface area contributed by atoms with Gasteiger partial charge >= 0.3 is 6.98 Å². The molecule has 11 heavy (non-hydrogen) atoms. The molecular formula is C6H12BF3N-. The first-order chi connectivity index (χ1) is 4.79. The smallest absolute Gasteiger partial charge is 0.448 e. The molecule has 0 aliphatic carbocycles. The first-order valence-corrected chi connectivity index (χ1v) is 3.72. The third-order valence-electron chi connectivity index (χ3n) is 1.77. The van der Waals surface area contributed by atoms with E-state index in [4.69, 9.17) is 0 Å². The predicted octanol–water partition coefficient (Wildman–Crippen LogP) is 1.71. The van der Waals surface area contributed by atoms with Crippen molar-refractivity contribution < 1.29 is 12.9 Å². The first kappa shape index (κ1) is 8.91. The molecule has 66 valence electrons. The average molecular weight is 166 g/mol. The number of hydrogen-bond donors (Lipinski definition) is 0. The van der Waals surface area contributed by atoms with Crippen molar-refractivity contribution in [3.05, 3.63) is 0 Å². The largest absolute Gasteiger partial charge is 0.492 e. The van der Waals surface area contributed by atoms with E-state index in [0.29, 0.717) is 13.1 Å². The highest BCUT2D eigenvalue weighted by Gasteiger charge is 2.38. The van der Waals surface area contributed by atoms with Gasteiger partial charge in [-0.3, -0.25) is 0 Å². The third kappa shape index (κ3) is 2.73. The van der Waals surface area contributed by atoms with E-state index in [1.807, 2.05) is 13.8 Å². The molecule has 0 radical (unpaired) electrons. The summed E-state index contributed by atoms with van der Waals surface area (Å²) in [5.74, 6) is 0. The molecule has 0 N–H and O–H groups in total. The Morgan fingerprint density at radius 2 is 1.73 bits per heavy atom. The Labute approximate surface area is 64.6 Å². The highest BCUT2D eigenvalue weighted by molar-refractivity contribution is 6.58. The minimum absolute atomic E-state index is 0.0985. The molecule has 1 heterocycles. The lowest BCUT2D eigenvalue weighted by atomic mass is 9.80. The molecule has 5 heteroatoms. The Morgan fingerprint density at radius 3 is 2.00 bits per heavy atom. The molecule has 1 rings (SSSR count). The van der Waals surface area contributed by atoms with E-state index in [-0.39, 0.29) is 5.41 Å². The molecule has 1 aliphatic rings. The summed E-state index contributed by atoms with van der Waals surface area (Å²) in [5.41, 5.74) is 0.0985. The number of nitrogens with zero attached hydrogens (tertiary/aromatic N) is 1. The van der Waals surface area contributed by atoms with E-state index in [0.717, 1.165) is 0 Å². The minimum Gasteiger partial charge on any atom is -0.448 e. The van der Waals surface area contributed by atoms with Crippen LogP contribution in [0.4, 0.5) is 12.9 Å². The molecule has 1 saturated heterocycles. The van der Waals surface area contributed by atoms with Crippen LogP contribution in [0.2, 0.25) is 0 Å². The van der Waals surface area contributed by atoms with Crippen LogP contribution in [0.1, 0.15) is 13.8 Å². The lowest BCUT2D eigenvalue weighted by Crippen LogP contribution is -2.56. The van der Waals surface area contributed by atoms with Crippen LogP contribution in [0.5, 0.6) is 0 Å². The van der Waals surface area contributed by atoms with Gasteiger partial charge in [0.2, 0.25) is 0 Å². The molecule has 0 spiro atoms. The molecule has 1 aliphatic heterocycles. The van der Waals surface area contributed by atoms with E-state index in [1.165, 1.54) is 4.90 Å². The van der Waals surface area contributed by atoms with E-state index in [1.54, 1.807) is 0 Å². The molecule has 0 unspecified atom stereocenters. The summed E-state index contributed by atoms with van der Waals surface area (Å²) in [6, 6.07) is 0. The zero-order valence-corrected chi connectivity index (χ0v) is 6.78. The summed E-state index contributed by atoms with van der Waals surface area (Å²) in [5, 5.41) is 0. The summed E-state index contributed by atoms with van der Waals surface area (Å²) >= 11 is 0. The van der Waals surface area contributed by atoms with Crippen molar-refractivity contribution in [2.24, 2.45) is 5.41 Å². The molecule has 0 aromatic heterocycles. The van der Waals surface area contributed by atoms with Crippen LogP contribution >= 0.6 is 0 Å². The van der Waals surface area contributed by atoms with E-state index in [2.05, 4.69) is 0 Å². The van der Waals surface area contributed by atoms with Gasteiger partial charge in [0.05, 0.1) is 0 Å². The molecule has 0 atom stereocenters. The van der Waals surface area contributed by atoms with Crippen LogP contribution in [-0.2, 0) is 0 Å². The maximum Gasteiger partial charge on any atom is 0.492 e. The Hall–Kier alpha value is -0.185. The summed E-state index contributed by atoms with van der Waals surface area (Å²) in [6.07, 6.45) is -0.691. The van der Waals surface area contributed by atoms with E-state index >= 15 is 0 Å². The normalized spacial score (nSPS) is 24.8. The van der Waals surface area contributed by atoms with Crippen LogP contribution in [0.3, 0.4) is 0 Å². The van der Waals surface area contributed by atoms with Gasteiger partial charge in [0.15, 0.2) is 0 Å². The molecule has 1 nitrogen and oxygen atoms in total. The van der Waals surface area contributed by atoms with Gasteiger partial charge < -0.3 is 17.8 Å². The van der Waals surface area contributed by atoms with Gasteiger partial charge in [-0.15, -0.1) is 0 Å².